The van der Waals surface area contributed by atoms with E-state index < -0.39 is 29.9 Å². The number of hydrogen-bond acceptors (Lipinski definition) is 7. The van der Waals surface area contributed by atoms with Gasteiger partial charge < -0.3 is 19.8 Å². The second-order valence-electron chi connectivity index (χ2n) is 7.38. The van der Waals surface area contributed by atoms with Crippen molar-refractivity contribution in [3.63, 3.8) is 0 Å². The lowest BCUT2D eigenvalue weighted by Crippen LogP contribution is -2.46. The number of amides is 4. The van der Waals surface area contributed by atoms with Gasteiger partial charge in [-0.3, -0.25) is 14.4 Å². The molecule has 10 nitrogen and oxygen atoms in total. The third-order valence-corrected chi connectivity index (χ3v) is 5.08. The van der Waals surface area contributed by atoms with E-state index in [1.54, 1.807) is 18.2 Å². The summed E-state index contributed by atoms with van der Waals surface area (Å²) in [7, 11) is 0. The highest BCUT2D eigenvalue weighted by Gasteiger charge is 2.38. The maximum Gasteiger partial charge on any atom is 0.407 e. The summed E-state index contributed by atoms with van der Waals surface area (Å²) in [6, 6.07) is -0.891. The standard InChI is InChI=1S/C22H29N3O7/c1-3-8-16(4-2)15-31-22(30)23-13-6-5-9-17(24-14-7-10-18(24)26)21(29)32-25-19(27)11-12-20(25)28/h3-4,8,17H,1-2,5-7,9-15H2,(H,23,30)/b16-8+/t17-/m0/s1. The predicted octanol–water partition coefficient (Wildman–Crippen LogP) is 1.78. The first-order valence-electron chi connectivity index (χ1n) is 10.6. The number of ether oxygens (including phenoxy) is 1. The van der Waals surface area contributed by atoms with Crippen LogP contribution in [0, 0.1) is 0 Å². The Balaban J connectivity index is 1.80. The highest BCUT2D eigenvalue weighted by Crippen LogP contribution is 2.21. The van der Waals surface area contributed by atoms with Gasteiger partial charge in [0, 0.05) is 32.4 Å². The van der Waals surface area contributed by atoms with Crippen molar-refractivity contribution in [2.75, 3.05) is 19.7 Å². The van der Waals surface area contributed by atoms with Crippen LogP contribution >= 0.6 is 0 Å². The molecule has 2 aliphatic rings. The molecule has 1 atom stereocenters. The molecule has 0 aromatic heterocycles. The lowest BCUT2D eigenvalue weighted by molar-refractivity contribution is -0.201. The summed E-state index contributed by atoms with van der Waals surface area (Å²) in [6.45, 7) is 7.98. The highest BCUT2D eigenvalue weighted by atomic mass is 16.7. The van der Waals surface area contributed by atoms with Crippen molar-refractivity contribution in [3.8, 4) is 0 Å². The maximum atomic E-state index is 12.7. The number of nitrogens with zero attached hydrogens (tertiary/aromatic N) is 2. The zero-order valence-electron chi connectivity index (χ0n) is 18.0. The molecular weight excluding hydrogens is 418 g/mol. The van der Waals surface area contributed by atoms with Gasteiger partial charge in [0.05, 0.1) is 0 Å². The lowest BCUT2D eigenvalue weighted by atomic mass is 10.1. The second kappa shape index (κ2) is 12.4. The fourth-order valence-electron chi connectivity index (χ4n) is 3.39. The zero-order valence-corrected chi connectivity index (χ0v) is 18.0. The number of alkyl carbamates (subject to hydrolysis) is 1. The summed E-state index contributed by atoms with van der Waals surface area (Å²) < 4.78 is 5.07. The van der Waals surface area contributed by atoms with Crippen LogP contribution in [0.2, 0.25) is 0 Å². The number of carbonyl (C=O) groups excluding carboxylic acids is 5. The first kappa shape index (κ1) is 24.8. The normalized spacial score (nSPS) is 17.4. The number of imide groups is 1. The van der Waals surface area contributed by atoms with E-state index in [0.717, 1.165) is 0 Å². The molecule has 0 aromatic rings. The molecule has 0 spiro atoms. The second-order valence-corrected chi connectivity index (χ2v) is 7.38. The molecule has 1 N–H and O–H groups in total. The summed E-state index contributed by atoms with van der Waals surface area (Å²) in [5.74, 6) is -2.11. The van der Waals surface area contributed by atoms with Gasteiger partial charge in [0.15, 0.2) is 0 Å². The van der Waals surface area contributed by atoms with Crippen LogP contribution in [-0.2, 0) is 28.8 Å². The van der Waals surface area contributed by atoms with Gasteiger partial charge in [-0.25, -0.2) is 9.59 Å². The van der Waals surface area contributed by atoms with Crippen LogP contribution in [0.3, 0.4) is 0 Å². The zero-order chi connectivity index (χ0) is 23.5. The SMILES string of the molecule is C=C/C=C(\C=C)COC(=O)NCCCC[C@@H](C(=O)ON1C(=O)CCC1=O)N1CCCC1=O. The molecule has 0 aliphatic carbocycles. The van der Waals surface area contributed by atoms with Crippen molar-refractivity contribution in [3.05, 3.63) is 37.0 Å². The van der Waals surface area contributed by atoms with Gasteiger partial charge >= 0.3 is 12.1 Å². The van der Waals surface area contributed by atoms with Gasteiger partial charge in [0.2, 0.25) is 5.91 Å². The van der Waals surface area contributed by atoms with Gasteiger partial charge in [-0.2, -0.15) is 0 Å². The minimum Gasteiger partial charge on any atom is -0.445 e. The van der Waals surface area contributed by atoms with Crippen molar-refractivity contribution in [2.45, 2.75) is 51.0 Å². The molecule has 2 fully saturated rings. The van der Waals surface area contributed by atoms with E-state index in [1.807, 2.05) is 0 Å². The molecule has 4 amide bonds. The molecule has 0 radical (unpaired) electrons. The van der Waals surface area contributed by atoms with E-state index in [4.69, 9.17) is 9.57 Å². The maximum absolute atomic E-state index is 12.7. The Bertz CT molecular complexity index is 789. The number of likely N-dealkylation sites (tertiary alicyclic amines) is 1. The summed E-state index contributed by atoms with van der Waals surface area (Å²) in [5, 5.41) is 3.10. The Kier molecular flexibility index (Phi) is 9.65. The van der Waals surface area contributed by atoms with Crippen LogP contribution in [0.5, 0.6) is 0 Å². The molecule has 2 rings (SSSR count). The highest BCUT2D eigenvalue weighted by molar-refractivity contribution is 6.02. The minimum atomic E-state index is -0.891. The number of carbonyl (C=O) groups is 5. The fraction of sp³-hybridized carbons (Fsp3) is 0.500. The third kappa shape index (κ3) is 7.07. The Labute approximate surface area is 186 Å². The average molecular weight is 447 g/mol. The Morgan fingerprint density at radius 2 is 1.78 bits per heavy atom. The van der Waals surface area contributed by atoms with E-state index in [0.29, 0.717) is 49.4 Å². The Morgan fingerprint density at radius 3 is 2.38 bits per heavy atom. The third-order valence-electron chi connectivity index (χ3n) is 5.08. The molecule has 32 heavy (non-hydrogen) atoms. The molecule has 2 saturated heterocycles. The lowest BCUT2D eigenvalue weighted by Gasteiger charge is -2.27. The first-order valence-corrected chi connectivity index (χ1v) is 10.6. The molecule has 2 heterocycles. The summed E-state index contributed by atoms with van der Waals surface area (Å²) >= 11 is 0. The van der Waals surface area contributed by atoms with E-state index in [-0.39, 0.29) is 31.8 Å². The van der Waals surface area contributed by atoms with Crippen LogP contribution in [-0.4, -0.2) is 65.5 Å². The van der Waals surface area contributed by atoms with Crippen molar-refractivity contribution in [2.24, 2.45) is 0 Å². The van der Waals surface area contributed by atoms with Crippen molar-refractivity contribution >= 4 is 29.8 Å². The van der Waals surface area contributed by atoms with E-state index >= 15 is 0 Å². The average Bonchev–Trinajstić information content (AvgIpc) is 3.33. The van der Waals surface area contributed by atoms with Gasteiger partial charge in [-0.15, -0.1) is 5.06 Å². The largest absolute Gasteiger partial charge is 0.445 e. The minimum absolute atomic E-state index is 0.00112. The van der Waals surface area contributed by atoms with Crippen LogP contribution in [0.4, 0.5) is 4.79 Å². The Morgan fingerprint density at radius 1 is 1.06 bits per heavy atom. The number of nitrogens with one attached hydrogen (secondary N) is 1. The number of allylic oxidation sites excluding steroid dienone is 2. The van der Waals surface area contributed by atoms with Gasteiger partial charge in [-0.1, -0.05) is 31.4 Å². The van der Waals surface area contributed by atoms with Gasteiger partial charge in [0.25, 0.3) is 11.8 Å². The van der Waals surface area contributed by atoms with Crippen molar-refractivity contribution in [1.29, 1.82) is 0 Å². The molecule has 10 heteroatoms. The molecule has 0 unspecified atom stereocenters. The van der Waals surface area contributed by atoms with Crippen LogP contribution in [0.1, 0.15) is 44.9 Å². The van der Waals surface area contributed by atoms with Gasteiger partial charge in [0.1, 0.15) is 12.6 Å². The molecule has 0 aromatic carbocycles. The summed E-state index contributed by atoms with van der Waals surface area (Å²) in [6.07, 6.45) is 6.51. The van der Waals surface area contributed by atoms with Crippen LogP contribution < -0.4 is 5.32 Å². The number of hydrogen-bond donors (Lipinski definition) is 1. The summed E-state index contributed by atoms with van der Waals surface area (Å²) in [5.41, 5.74) is 0.710. The number of unbranched alkanes of at least 4 members (excludes halogenated alkanes) is 1. The molecule has 2 aliphatic heterocycles. The quantitative estimate of drug-likeness (QED) is 0.275. The van der Waals surface area contributed by atoms with Crippen molar-refractivity contribution in [1.82, 2.24) is 15.3 Å². The Hall–Kier alpha value is -3.43. The van der Waals surface area contributed by atoms with Crippen molar-refractivity contribution < 1.29 is 33.5 Å². The van der Waals surface area contributed by atoms with Crippen LogP contribution in [0.15, 0.2) is 37.0 Å². The van der Waals surface area contributed by atoms with E-state index in [2.05, 4.69) is 18.5 Å². The topological polar surface area (TPSA) is 122 Å². The number of hydroxylamine groups is 2. The predicted molar refractivity (Wildman–Crippen MR) is 114 cm³/mol. The monoisotopic (exact) mass is 447 g/mol. The van der Waals surface area contributed by atoms with Gasteiger partial charge in [-0.05, 0) is 31.3 Å². The number of rotatable bonds is 12. The molecular formula is C22H29N3O7. The smallest absolute Gasteiger partial charge is 0.407 e. The van der Waals surface area contributed by atoms with Crippen LogP contribution in [0.25, 0.3) is 0 Å². The van der Waals surface area contributed by atoms with E-state index in [1.165, 1.54) is 4.90 Å². The van der Waals surface area contributed by atoms with E-state index in [9.17, 15) is 24.0 Å². The fourth-order valence-corrected chi connectivity index (χ4v) is 3.39. The molecule has 0 saturated carbocycles. The molecule has 0 bridgehead atoms. The summed E-state index contributed by atoms with van der Waals surface area (Å²) in [4.78, 5) is 66.5. The first-order chi connectivity index (χ1) is 15.4. The molecule has 174 valence electrons.